The van der Waals surface area contributed by atoms with Crippen molar-refractivity contribution in [2.45, 2.75) is 104 Å². The number of benzene rings is 2. The Bertz CT molecular complexity index is 884. The third kappa shape index (κ3) is 13.4. The number of ether oxygens (including phenoxy) is 2. The zero-order valence-corrected chi connectivity index (χ0v) is 23.2. The molecule has 2 aromatic carbocycles. The minimum Gasteiger partial charge on any atom is -0.507 e. The van der Waals surface area contributed by atoms with Crippen LogP contribution in [0.2, 0.25) is 0 Å². The first-order valence-electron chi connectivity index (χ1n) is 14.5. The lowest BCUT2D eigenvalue weighted by Crippen LogP contribution is -1.99. The molecule has 1 N–H and O–H groups in total. The van der Waals surface area contributed by atoms with Gasteiger partial charge in [0.1, 0.15) is 17.3 Å². The lowest BCUT2D eigenvalue weighted by Gasteiger charge is -2.08. The van der Waals surface area contributed by atoms with Crippen molar-refractivity contribution in [1.82, 2.24) is 0 Å². The molecule has 204 valence electrons. The number of carbonyl (C=O) groups excluding carboxylic acids is 1. The fourth-order valence-corrected chi connectivity index (χ4v) is 4.20. The Kier molecular flexibility index (Phi) is 16.0. The van der Waals surface area contributed by atoms with Gasteiger partial charge in [0, 0.05) is 17.2 Å². The molecule has 0 spiro atoms. The van der Waals surface area contributed by atoms with Crippen molar-refractivity contribution >= 4 is 11.5 Å². The van der Waals surface area contributed by atoms with Gasteiger partial charge in [-0.2, -0.15) is 0 Å². The number of rotatable bonds is 21. The summed E-state index contributed by atoms with van der Waals surface area (Å²) in [7, 11) is 0. The van der Waals surface area contributed by atoms with Crippen LogP contribution in [-0.4, -0.2) is 24.1 Å². The van der Waals surface area contributed by atoms with Gasteiger partial charge >= 0.3 is 0 Å². The fourth-order valence-electron chi connectivity index (χ4n) is 4.20. The lowest BCUT2D eigenvalue weighted by molar-refractivity contribution is 0.104. The van der Waals surface area contributed by atoms with Crippen LogP contribution in [0.5, 0.6) is 11.5 Å². The molecule has 0 fully saturated rings. The Labute approximate surface area is 225 Å². The molecule has 37 heavy (non-hydrogen) atoms. The predicted octanol–water partition coefficient (Wildman–Crippen LogP) is 9.73. The first-order valence-corrected chi connectivity index (χ1v) is 14.5. The van der Waals surface area contributed by atoms with E-state index in [2.05, 4.69) is 13.8 Å². The van der Waals surface area contributed by atoms with Crippen molar-refractivity contribution in [3.05, 3.63) is 65.7 Å². The van der Waals surface area contributed by atoms with Gasteiger partial charge in [-0.15, -0.1) is 0 Å². The van der Waals surface area contributed by atoms with E-state index in [1.165, 1.54) is 76.7 Å². The maximum absolute atomic E-state index is 12.5. The highest BCUT2D eigenvalue weighted by atomic mass is 16.5. The first-order chi connectivity index (χ1) is 18.1. The number of hydrogen-bond acceptors (Lipinski definition) is 4. The molecular weight excluding hydrogens is 460 g/mol. The zero-order chi connectivity index (χ0) is 26.6. The second kappa shape index (κ2) is 19.4. The number of allylic oxidation sites excluding steroid dienone is 1. The number of unbranched alkanes of at least 4 members (excludes halogenated alkanes) is 12. The van der Waals surface area contributed by atoms with Gasteiger partial charge < -0.3 is 14.6 Å². The molecule has 0 aromatic heterocycles. The zero-order valence-electron chi connectivity index (χ0n) is 23.2. The molecule has 0 aliphatic heterocycles. The van der Waals surface area contributed by atoms with Crippen molar-refractivity contribution in [1.29, 1.82) is 0 Å². The summed E-state index contributed by atoms with van der Waals surface area (Å²) in [5.74, 6) is 1.23. The Balaban J connectivity index is 1.62. The number of aliphatic hydroxyl groups excluding tert-OH is 1. The quantitative estimate of drug-likeness (QED) is 0.0789. The normalized spacial score (nSPS) is 11.5. The molecule has 0 aliphatic carbocycles. The molecule has 4 nitrogen and oxygen atoms in total. The molecule has 0 radical (unpaired) electrons. The predicted molar refractivity (Wildman–Crippen MR) is 155 cm³/mol. The molecule has 0 unspecified atom stereocenters. The van der Waals surface area contributed by atoms with Gasteiger partial charge in [0.15, 0.2) is 5.78 Å². The largest absolute Gasteiger partial charge is 0.507 e. The Morgan fingerprint density at radius 2 is 1.00 bits per heavy atom. The summed E-state index contributed by atoms with van der Waals surface area (Å²) in [5, 5.41) is 10.4. The molecule has 2 aromatic rings. The third-order valence-corrected chi connectivity index (χ3v) is 6.59. The van der Waals surface area contributed by atoms with Gasteiger partial charge in [-0.3, -0.25) is 4.79 Å². The maximum atomic E-state index is 12.5. The van der Waals surface area contributed by atoms with Crippen molar-refractivity contribution in [2.24, 2.45) is 0 Å². The van der Waals surface area contributed by atoms with Crippen LogP contribution < -0.4 is 9.47 Å². The van der Waals surface area contributed by atoms with Crippen molar-refractivity contribution in [2.75, 3.05) is 13.2 Å². The molecule has 0 heterocycles. The van der Waals surface area contributed by atoms with E-state index in [-0.39, 0.29) is 11.5 Å². The number of aliphatic hydroxyl groups is 1. The van der Waals surface area contributed by atoms with E-state index in [9.17, 15) is 9.90 Å². The molecule has 0 amide bonds. The highest BCUT2D eigenvalue weighted by Crippen LogP contribution is 2.20. The molecule has 0 saturated carbocycles. The van der Waals surface area contributed by atoms with Crippen molar-refractivity contribution in [3.63, 3.8) is 0 Å². The van der Waals surface area contributed by atoms with Crippen LogP contribution in [0, 0.1) is 0 Å². The molecule has 0 saturated heterocycles. The molecule has 2 rings (SSSR count). The Hall–Kier alpha value is -2.75. The average molecular weight is 509 g/mol. The van der Waals surface area contributed by atoms with Crippen LogP contribution in [0.15, 0.2) is 54.6 Å². The van der Waals surface area contributed by atoms with Gasteiger partial charge in [-0.05, 0) is 61.4 Å². The van der Waals surface area contributed by atoms with Crippen molar-refractivity contribution < 1.29 is 19.4 Å². The summed E-state index contributed by atoms with van der Waals surface area (Å²) in [6, 6.07) is 14.3. The second-order valence-electron chi connectivity index (χ2n) is 9.88. The SMILES string of the molecule is CCCCCCCCCCCCCCOc1ccc(/C(O)=C/C(=O)c2ccc(OCCCC)cc2)cc1. The van der Waals surface area contributed by atoms with E-state index in [4.69, 9.17) is 9.47 Å². The van der Waals surface area contributed by atoms with Crippen molar-refractivity contribution in [3.8, 4) is 11.5 Å². The number of carbonyl (C=O) groups is 1. The topological polar surface area (TPSA) is 55.8 Å². The van der Waals surface area contributed by atoms with Crippen LogP contribution >= 0.6 is 0 Å². The van der Waals surface area contributed by atoms with Gasteiger partial charge in [0.05, 0.1) is 13.2 Å². The van der Waals surface area contributed by atoms with Gasteiger partial charge in [0.25, 0.3) is 0 Å². The van der Waals surface area contributed by atoms with E-state index >= 15 is 0 Å². The van der Waals surface area contributed by atoms with E-state index in [1.54, 1.807) is 36.4 Å². The highest BCUT2D eigenvalue weighted by molar-refractivity contribution is 6.07. The minimum absolute atomic E-state index is 0.0548. The molecular formula is C33H48O4. The fraction of sp³-hybridized carbons (Fsp3) is 0.545. The van der Waals surface area contributed by atoms with Crippen LogP contribution in [0.1, 0.15) is 120 Å². The van der Waals surface area contributed by atoms with Crippen LogP contribution in [-0.2, 0) is 0 Å². The summed E-state index contributed by atoms with van der Waals surface area (Å²) in [6.45, 7) is 5.76. The molecule has 0 bridgehead atoms. The van der Waals surface area contributed by atoms with Crippen LogP contribution in [0.4, 0.5) is 0 Å². The summed E-state index contributed by atoms with van der Waals surface area (Å²) < 4.78 is 11.5. The lowest BCUT2D eigenvalue weighted by atomic mass is 10.1. The molecule has 4 heteroatoms. The smallest absolute Gasteiger partial charge is 0.189 e. The molecule has 0 aliphatic rings. The molecule has 0 atom stereocenters. The third-order valence-electron chi connectivity index (χ3n) is 6.59. The van der Waals surface area contributed by atoms with E-state index < -0.39 is 0 Å². The second-order valence-corrected chi connectivity index (χ2v) is 9.88. The van der Waals surface area contributed by atoms with E-state index in [0.29, 0.717) is 24.3 Å². The van der Waals surface area contributed by atoms with E-state index in [0.717, 1.165) is 30.8 Å². The van der Waals surface area contributed by atoms with Gasteiger partial charge in [-0.1, -0.05) is 90.9 Å². The summed E-state index contributed by atoms with van der Waals surface area (Å²) in [5.41, 5.74) is 1.10. The van der Waals surface area contributed by atoms with Crippen LogP contribution in [0.25, 0.3) is 5.76 Å². The maximum Gasteiger partial charge on any atom is 0.189 e. The summed E-state index contributed by atoms with van der Waals surface area (Å²) in [4.78, 5) is 12.5. The van der Waals surface area contributed by atoms with E-state index in [1.807, 2.05) is 12.1 Å². The highest BCUT2D eigenvalue weighted by Gasteiger charge is 2.07. The summed E-state index contributed by atoms with van der Waals surface area (Å²) >= 11 is 0. The Morgan fingerprint density at radius 3 is 1.49 bits per heavy atom. The number of hydrogen-bond donors (Lipinski definition) is 1. The summed E-state index contributed by atoms with van der Waals surface area (Å²) in [6.07, 6.45) is 19.2. The first kappa shape index (κ1) is 30.5. The Morgan fingerprint density at radius 1 is 0.595 bits per heavy atom. The minimum atomic E-state index is -0.245. The standard InChI is InChI=1S/C33H48O4/c1-3-5-7-8-9-10-11-12-13-14-15-16-26-37-31-23-19-29(20-24-31)33(35)27-32(34)28-17-21-30(22-18-28)36-25-6-4-2/h17-24,27,35H,3-16,25-26H2,1-2H3/b33-27-. The van der Waals surface area contributed by atoms with Crippen LogP contribution in [0.3, 0.4) is 0 Å². The monoisotopic (exact) mass is 508 g/mol. The average Bonchev–Trinajstić information content (AvgIpc) is 2.92. The van der Waals surface area contributed by atoms with Gasteiger partial charge in [-0.25, -0.2) is 0 Å². The van der Waals surface area contributed by atoms with Gasteiger partial charge in [0.2, 0.25) is 0 Å². The number of ketones is 1.